The maximum Gasteiger partial charge on any atom is 0.266 e. The molecular weight excluding hydrogens is 328 g/mol. The topological polar surface area (TPSA) is 59.0 Å². The maximum atomic E-state index is 12.9. The fourth-order valence-electron chi connectivity index (χ4n) is 2.67. The summed E-state index contributed by atoms with van der Waals surface area (Å²) in [6.07, 6.45) is 4.30. The second-order valence-electron chi connectivity index (χ2n) is 5.35. The highest BCUT2D eigenvalue weighted by atomic mass is 32.1. The fourth-order valence-corrected chi connectivity index (χ4v) is 4.54. The minimum absolute atomic E-state index is 0.0547. The molecule has 0 radical (unpaired) electrons. The third-order valence-corrected chi connectivity index (χ3v) is 6.01. The number of carbonyl (C=O) groups is 1. The van der Waals surface area contributed by atoms with E-state index in [1.54, 1.807) is 29.8 Å². The molecule has 0 aromatic carbocycles. The van der Waals surface area contributed by atoms with Gasteiger partial charge in [0, 0.05) is 30.4 Å². The molecule has 1 aliphatic rings. The van der Waals surface area contributed by atoms with Gasteiger partial charge in [-0.15, -0.1) is 22.7 Å². The summed E-state index contributed by atoms with van der Waals surface area (Å²) >= 11 is 3.15. The predicted molar refractivity (Wildman–Crippen MR) is 90.6 cm³/mol. The highest BCUT2D eigenvalue weighted by Gasteiger charge is 2.26. The molecule has 3 aromatic rings. The van der Waals surface area contributed by atoms with Crippen LogP contribution in [-0.4, -0.2) is 32.3 Å². The molecule has 4 heterocycles. The van der Waals surface area contributed by atoms with Crippen LogP contribution in [0.1, 0.15) is 25.8 Å². The van der Waals surface area contributed by atoms with E-state index < -0.39 is 0 Å². The Kier molecular flexibility index (Phi) is 3.66. The average molecular weight is 342 g/mol. The van der Waals surface area contributed by atoms with E-state index in [-0.39, 0.29) is 5.91 Å². The third-order valence-electron chi connectivity index (χ3n) is 3.84. The Morgan fingerprint density at radius 2 is 2.13 bits per heavy atom. The summed E-state index contributed by atoms with van der Waals surface area (Å²) in [5.74, 6) is 0.623. The van der Waals surface area contributed by atoms with Crippen molar-refractivity contribution in [2.45, 2.75) is 19.9 Å². The third kappa shape index (κ3) is 2.66. The number of nitrogens with zero attached hydrogens (tertiary/aromatic N) is 4. The number of thiazole rings is 1. The molecule has 0 N–H and O–H groups in total. The summed E-state index contributed by atoms with van der Waals surface area (Å²) < 4.78 is 0. The Bertz CT molecular complexity index is 856. The number of carbonyl (C=O) groups excluding carboxylic acids is 1. The summed E-state index contributed by atoms with van der Waals surface area (Å²) in [5, 5.41) is 2.79. The van der Waals surface area contributed by atoms with Gasteiger partial charge >= 0.3 is 0 Å². The zero-order chi connectivity index (χ0) is 15.8. The molecule has 5 nitrogen and oxygen atoms in total. The van der Waals surface area contributed by atoms with Gasteiger partial charge in [-0.3, -0.25) is 4.79 Å². The molecule has 1 amide bonds. The molecule has 0 fully saturated rings. The van der Waals surface area contributed by atoms with Gasteiger partial charge in [-0.25, -0.2) is 15.0 Å². The molecule has 0 aliphatic carbocycles. The molecule has 3 aromatic heterocycles. The molecular formula is C16H14N4OS2. The van der Waals surface area contributed by atoms with Crippen LogP contribution in [0.4, 0.5) is 0 Å². The molecule has 0 atom stereocenters. The smallest absolute Gasteiger partial charge is 0.266 e. The minimum atomic E-state index is 0.0547. The highest BCUT2D eigenvalue weighted by Crippen LogP contribution is 2.29. The van der Waals surface area contributed by atoms with Crippen LogP contribution in [-0.2, 0) is 13.0 Å². The lowest BCUT2D eigenvalue weighted by atomic mass is 10.1. The Morgan fingerprint density at radius 1 is 1.30 bits per heavy atom. The van der Waals surface area contributed by atoms with Crippen molar-refractivity contribution in [3.8, 4) is 10.8 Å². The molecule has 116 valence electrons. The van der Waals surface area contributed by atoms with Crippen molar-refractivity contribution in [2.24, 2.45) is 0 Å². The lowest BCUT2D eigenvalue weighted by Crippen LogP contribution is -2.35. The monoisotopic (exact) mass is 342 g/mol. The van der Waals surface area contributed by atoms with Crippen LogP contribution in [0, 0.1) is 6.92 Å². The van der Waals surface area contributed by atoms with Crippen LogP contribution in [0.3, 0.4) is 0 Å². The van der Waals surface area contributed by atoms with Gasteiger partial charge in [-0.05, 0) is 36.4 Å². The van der Waals surface area contributed by atoms with Crippen molar-refractivity contribution in [1.29, 1.82) is 0 Å². The SMILES string of the molecule is Cc1nc(-c2ncccn2)sc1C(=O)N1CCc2sccc2C1. The normalized spacial score (nSPS) is 13.9. The minimum Gasteiger partial charge on any atom is -0.333 e. The van der Waals surface area contributed by atoms with Gasteiger partial charge in [0.1, 0.15) is 4.88 Å². The Morgan fingerprint density at radius 3 is 2.96 bits per heavy atom. The fraction of sp³-hybridized carbons (Fsp3) is 0.250. The Labute approximate surface area is 141 Å². The van der Waals surface area contributed by atoms with Gasteiger partial charge in [0.05, 0.1) is 5.69 Å². The number of fused-ring (bicyclic) bond motifs is 1. The van der Waals surface area contributed by atoms with Gasteiger partial charge in [0.25, 0.3) is 5.91 Å². The van der Waals surface area contributed by atoms with Crippen LogP contribution < -0.4 is 0 Å². The quantitative estimate of drug-likeness (QED) is 0.718. The van der Waals surface area contributed by atoms with Gasteiger partial charge in [0.15, 0.2) is 10.8 Å². The van der Waals surface area contributed by atoms with Crippen LogP contribution in [0.25, 0.3) is 10.8 Å². The largest absolute Gasteiger partial charge is 0.333 e. The summed E-state index contributed by atoms with van der Waals surface area (Å²) in [7, 11) is 0. The number of thiophene rings is 1. The van der Waals surface area contributed by atoms with E-state index in [1.807, 2.05) is 11.8 Å². The first-order valence-corrected chi connectivity index (χ1v) is 9.01. The highest BCUT2D eigenvalue weighted by molar-refractivity contribution is 7.17. The van der Waals surface area contributed by atoms with E-state index in [0.29, 0.717) is 22.3 Å². The molecule has 0 spiro atoms. The maximum absolute atomic E-state index is 12.9. The van der Waals surface area contributed by atoms with Gasteiger partial charge in [0.2, 0.25) is 0 Å². The first-order chi connectivity index (χ1) is 11.2. The van der Waals surface area contributed by atoms with Crippen molar-refractivity contribution in [1.82, 2.24) is 19.9 Å². The second kappa shape index (κ2) is 5.82. The van der Waals surface area contributed by atoms with Gasteiger partial charge in [-0.2, -0.15) is 0 Å². The van der Waals surface area contributed by atoms with Crippen molar-refractivity contribution in [3.63, 3.8) is 0 Å². The number of hydrogen-bond donors (Lipinski definition) is 0. The summed E-state index contributed by atoms with van der Waals surface area (Å²) in [6, 6.07) is 3.88. The van der Waals surface area contributed by atoms with Gasteiger partial charge in [-0.1, -0.05) is 0 Å². The van der Waals surface area contributed by atoms with E-state index in [2.05, 4.69) is 26.4 Å². The molecule has 0 saturated carbocycles. The standard InChI is InChI=1S/C16H14N4OS2/c1-10-13(23-15(19-10)14-17-5-2-6-18-14)16(21)20-7-3-12-11(9-20)4-8-22-12/h2,4-6,8H,3,7,9H2,1H3. The molecule has 0 bridgehead atoms. The van der Waals surface area contributed by atoms with Crippen LogP contribution in [0.2, 0.25) is 0 Å². The number of aromatic nitrogens is 3. The summed E-state index contributed by atoms with van der Waals surface area (Å²) in [4.78, 5) is 29.7. The van der Waals surface area contributed by atoms with Gasteiger partial charge < -0.3 is 4.90 Å². The predicted octanol–water partition coefficient (Wildman–Crippen LogP) is 3.17. The number of hydrogen-bond acceptors (Lipinski definition) is 6. The molecule has 7 heteroatoms. The zero-order valence-corrected chi connectivity index (χ0v) is 14.2. The summed E-state index contributed by atoms with van der Waals surface area (Å²) in [6.45, 7) is 3.32. The Balaban J connectivity index is 1.61. The van der Waals surface area contributed by atoms with Crippen LogP contribution in [0.5, 0.6) is 0 Å². The van der Waals surface area contributed by atoms with Crippen LogP contribution >= 0.6 is 22.7 Å². The zero-order valence-electron chi connectivity index (χ0n) is 12.5. The molecule has 4 rings (SSSR count). The lowest BCUT2D eigenvalue weighted by Gasteiger charge is -2.26. The molecule has 23 heavy (non-hydrogen) atoms. The van der Waals surface area contributed by atoms with E-state index in [0.717, 1.165) is 18.7 Å². The molecule has 0 saturated heterocycles. The van der Waals surface area contributed by atoms with Crippen LogP contribution in [0.15, 0.2) is 29.9 Å². The van der Waals surface area contributed by atoms with E-state index in [1.165, 1.54) is 21.8 Å². The number of amides is 1. The first kappa shape index (κ1) is 14.5. The van der Waals surface area contributed by atoms with E-state index in [4.69, 9.17) is 0 Å². The van der Waals surface area contributed by atoms with Crippen molar-refractivity contribution < 1.29 is 4.79 Å². The van der Waals surface area contributed by atoms with Crippen molar-refractivity contribution in [2.75, 3.05) is 6.54 Å². The number of aryl methyl sites for hydroxylation is 1. The lowest BCUT2D eigenvalue weighted by molar-refractivity contribution is 0.0740. The first-order valence-electron chi connectivity index (χ1n) is 7.31. The average Bonchev–Trinajstić information content (AvgIpc) is 3.20. The van der Waals surface area contributed by atoms with E-state index >= 15 is 0 Å². The second-order valence-corrected chi connectivity index (χ2v) is 7.35. The van der Waals surface area contributed by atoms with E-state index in [9.17, 15) is 4.79 Å². The summed E-state index contributed by atoms with van der Waals surface area (Å²) in [5.41, 5.74) is 2.02. The van der Waals surface area contributed by atoms with Crippen molar-refractivity contribution >= 4 is 28.6 Å². The Hall–Kier alpha value is -2.12. The molecule has 0 unspecified atom stereocenters. The molecule has 1 aliphatic heterocycles. The number of rotatable bonds is 2. The van der Waals surface area contributed by atoms with Crippen molar-refractivity contribution in [3.05, 3.63) is 50.9 Å².